The molecule has 1 fully saturated rings. The van der Waals surface area contributed by atoms with Crippen molar-refractivity contribution in [2.24, 2.45) is 5.41 Å². The predicted octanol–water partition coefficient (Wildman–Crippen LogP) is 0.159. The molecule has 10 heavy (non-hydrogen) atoms. The Morgan fingerprint density at radius 2 is 2.30 bits per heavy atom. The molecule has 0 aromatic heterocycles. The van der Waals surface area contributed by atoms with E-state index < -0.39 is 0 Å². The van der Waals surface area contributed by atoms with E-state index in [0.717, 1.165) is 13.1 Å². The molecular formula is C7H13NO2. The van der Waals surface area contributed by atoms with Crippen LogP contribution in [-0.2, 0) is 9.53 Å². The lowest BCUT2D eigenvalue weighted by Crippen LogP contribution is -2.52. The molecule has 0 bridgehead atoms. The van der Waals surface area contributed by atoms with Crippen LogP contribution in [0.2, 0.25) is 0 Å². The fourth-order valence-corrected chi connectivity index (χ4v) is 1.10. The Kier molecular flexibility index (Phi) is 1.94. The van der Waals surface area contributed by atoms with E-state index in [1.54, 1.807) is 0 Å². The lowest BCUT2D eigenvalue weighted by Gasteiger charge is -2.38. The van der Waals surface area contributed by atoms with Gasteiger partial charge < -0.3 is 10.1 Å². The van der Waals surface area contributed by atoms with Crippen molar-refractivity contribution in [3.8, 4) is 0 Å². The summed E-state index contributed by atoms with van der Waals surface area (Å²) in [5.74, 6) is -0.107. The summed E-state index contributed by atoms with van der Waals surface area (Å²) in [6, 6.07) is 0. The van der Waals surface area contributed by atoms with Gasteiger partial charge in [0, 0.05) is 18.5 Å². The number of methoxy groups -OCH3 is 1. The number of rotatable bonds is 2. The number of nitrogens with one attached hydrogen (secondary N) is 1. The minimum absolute atomic E-state index is 0.107. The van der Waals surface area contributed by atoms with Crippen molar-refractivity contribution in [2.45, 2.75) is 13.3 Å². The first-order valence-corrected chi connectivity index (χ1v) is 3.44. The quantitative estimate of drug-likeness (QED) is 0.559. The Morgan fingerprint density at radius 1 is 1.70 bits per heavy atom. The van der Waals surface area contributed by atoms with Crippen LogP contribution in [0.15, 0.2) is 0 Å². The predicted molar refractivity (Wildman–Crippen MR) is 37.6 cm³/mol. The van der Waals surface area contributed by atoms with Gasteiger partial charge in [0.15, 0.2) is 0 Å². The Labute approximate surface area is 60.7 Å². The van der Waals surface area contributed by atoms with Crippen LogP contribution < -0.4 is 5.32 Å². The van der Waals surface area contributed by atoms with E-state index >= 15 is 0 Å². The average Bonchev–Trinajstić information content (AvgIpc) is 1.84. The molecule has 0 amide bonds. The molecular weight excluding hydrogens is 130 g/mol. The molecule has 0 radical (unpaired) electrons. The van der Waals surface area contributed by atoms with Crippen molar-refractivity contribution < 1.29 is 9.53 Å². The van der Waals surface area contributed by atoms with Gasteiger partial charge in [-0.3, -0.25) is 4.79 Å². The normalized spacial score (nSPS) is 21.4. The molecule has 0 aromatic rings. The Morgan fingerprint density at radius 3 is 2.60 bits per heavy atom. The van der Waals surface area contributed by atoms with Gasteiger partial charge in [0.25, 0.3) is 0 Å². The van der Waals surface area contributed by atoms with Crippen LogP contribution in [0.5, 0.6) is 0 Å². The number of carbonyl (C=O) groups excluding carboxylic acids is 1. The Balaban J connectivity index is 2.29. The molecule has 58 valence electrons. The number of ether oxygens (including phenoxy) is 1. The fraction of sp³-hybridized carbons (Fsp3) is 0.857. The van der Waals surface area contributed by atoms with E-state index in [2.05, 4.69) is 17.0 Å². The van der Waals surface area contributed by atoms with Crippen LogP contribution in [0.1, 0.15) is 13.3 Å². The highest BCUT2D eigenvalue weighted by atomic mass is 16.5. The Bertz CT molecular complexity index is 141. The van der Waals surface area contributed by atoms with Crippen molar-refractivity contribution in [3.63, 3.8) is 0 Å². The zero-order chi connectivity index (χ0) is 7.61. The van der Waals surface area contributed by atoms with Crippen molar-refractivity contribution in [1.82, 2.24) is 5.32 Å². The second kappa shape index (κ2) is 2.58. The highest BCUT2D eigenvalue weighted by Crippen LogP contribution is 2.25. The molecule has 1 aliphatic rings. The van der Waals surface area contributed by atoms with Gasteiger partial charge in [-0.15, -0.1) is 0 Å². The minimum Gasteiger partial charge on any atom is -0.469 e. The van der Waals surface area contributed by atoms with Crippen molar-refractivity contribution in [1.29, 1.82) is 0 Å². The number of hydrogen-bond acceptors (Lipinski definition) is 3. The monoisotopic (exact) mass is 143 g/mol. The van der Waals surface area contributed by atoms with E-state index in [0.29, 0.717) is 6.42 Å². The molecule has 1 saturated heterocycles. The van der Waals surface area contributed by atoms with Gasteiger partial charge in [-0.25, -0.2) is 0 Å². The first-order chi connectivity index (χ1) is 4.66. The maximum Gasteiger partial charge on any atom is 0.306 e. The van der Waals surface area contributed by atoms with Crippen LogP contribution in [0.25, 0.3) is 0 Å². The highest BCUT2D eigenvalue weighted by Gasteiger charge is 2.34. The summed E-state index contributed by atoms with van der Waals surface area (Å²) in [5.41, 5.74) is 0.160. The van der Waals surface area contributed by atoms with Gasteiger partial charge in [0.1, 0.15) is 0 Å². The summed E-state index contributed by atoms with van der Waals surface area (Å²) in [7, 11) is 1.43. The first kappa shape index (κ1) is 7.54. The van der Waals surface area contributed by atoms with Gasteiger partial charge in [-0.2, -0.15) is 0 Å². The van der Waals surface area contributed by atoms with Gasteiger partial charge in [-0.1, -0.05) is 6.92 Å². The lowest BCUT2D eigenvalue weighted by molar-refractivity contribution is -0.143. The van der Waals surface area contributed by atoms with Crippen molar-refractivity contribution in [2.75, 3.05) is 20.2 Å². The fourth-order valence-electron chi connectivity index (χ4n) is 1.10. The largest absolute Gasteiger partial charge is 0.469 e. The molecule has 3 heteroatoms. The molecule has 0 spiro atoms. The van der Waals surface area contributed by atoms with Gasteiger partial charge >= 0.3 is 5.97 Å². The van der Waals surface area contributed by atoms with Gasteiger partial charge in [-0.05, 0) is 0 Å². The minimum atomic E-state index is -0.107. The molecule has 1 N–H and O–H groups in total. The summed E-state index contributed by atoms with van der Waals surface area (Å²) < 4.78 is 4.56. The summed E-state index contributed by atoms with van der Waals surface area (Å²) in [4.78, 5) is 10.8. The summed E-state index contributed by atoms with van der Waals surface area (Å²) >= 11 is 0. The smallest absolute Gasteiger partial charge is 0.306 e. The molecule has 0 saturated carbocycles. The zero-order valence-corrected chi connectivity index (χ0v) is 6.44. The van der Waals surface area contributed by atoms with Crippen molar-refractivity contribution >= 4 is 5.97 Å². The lowest BCUT2D eigenvalue weighted by atomic mass is 9.81. The second-order valence-corrected chi connectivity index (χ2v) is 3.17. The molecule has 0 atom stereocenters. The molecule has 0 aromatic carbocycles. The second-order valence-electron chi connectivity index (χ2n) is 3.17. The highest BCUT2D eigenvalue weighted by molar-refractivity contribution is 5.70. The average molecular weight is 143 g/mol. The molecule has 1 heterocycles. The van der Waals surface area contributed by atoms with E-state index in [1.165, 1.54) is 7.11 Å². The van der Waals surface area contributed by atoms with E-state index in [9.17, 15) is 4.79 Å². The molecule has 0 unspecified atom stereocenters. The SMILES string of the molecule is COC(=O)CC1(C)CNC1. The van der Waals surface area contributed by atoms with E-state index in [-0.39, 0.29) is 11.4 Å². The third kappa shape index (κ3) is 1.48. The van der Waals surface area contributed by atoms with E-state index in [4.69, 9.17) is 0 Å². The maximum atomic E-state index is 10.8. The molecule has 1 aliphatic heterocycles. The first-order valence-electron chi connectivity index (χ1n) is 3.44. The van der Waals surface area contributed by atoms with Crippen LogP contribution >= 0.6 is 0 Å². The third-order valence-electron chi connectivity index (χ3n) is 1.90. The third-order valence-corrected chi connectivity index (χ3v) is 1.90. The summed E-state index contributed by atoms with van der Waals surface area (Å²) in [6.45, 7) is 3.95. The van der Waals surface area contributed by atoms with Gasteiger partial charge in [0.05, 0.1) is 13.5 Å². The number of hydrogen-bond donors (Lipinski definition) is 1. The van der Waals surface area contributed by atoms with Crippen LogP contribution in [0.4, 0.5) is 0 Å². The standard InChI is InChI=1S/C7H13NO2/c1-7(4-8-5-7)3-6(9)10-2/h8H,3-5H2,1-2H3. The topological polar surface area (TPSA) is 38.3 Å². The number of esters is 1. The van der Waals surface area contributed by atoms with Crippen molar-refractivity contribution in [3.05, 3.63) is 0 Å². The van der Waals surface area contributed by atoms with Crippen LogP contribution in [-0.4, -0.2) is 26.2 Å². The van der Waals surface area contributed by atoms with Crippen LogP contribution in [0, 0.1) is 5.41 Å². The van der Waals surface area contributed by atoms with Crippen LogP contribution in [0.3, 0.4) is 0 Å². The number of carbonyl (C=O) groups is 1. The Hall–Kier alpha value is -0.570. The maximum absolute atomic E-state index is 10.8. The molecule has 3 nitrogen and oxygen atoms in total. The summed E-state index contributed by atoms with van der Waals surface area (Å²) in [5, 5.41) is 3.12. The van der Waals surface area contributed by atoms with E-state index in [1.807, 2.05) is 0 Å². The zero-order valence-electron chi connectivity index (χ0n) is 6.44. The summed E-state index contributed by atoms with van der Waals surface area (Å²) in [6.07, 6.45) is 0.538. The molecule has 0 aliphatic carbocycles. The van der Waals surface area contributed by atoms with Gasteiger partial charge in [0.2, 0.25) is 0 Å². The molecule has 1 rings (SSSR count).